The Kier molecular flexibility index (Phi) is 4.23. The van der Waals surface area contributed by atoms with E-state index in [1.165, 1.54) is 0 Å². The van der Waals surface area contributed by atoms with Crippen LogP contribution < -0.4 is 5.56 Å². The van der Waals surface area contributed by atoms with Crippen molar-refractivity contribution in [1.82, 2.24) is 9.97 Å². The summed E-state index contributed by atoms with van der Waals surface area (Å²) in [5.41, 5.74) is 1.23. The summed E-state index contributed by atoms with van der Waals surface area (Å²) in [5.74, 6) is 0.767. The second-order valence-corrected chi connectivity index (χ2v) is 5.56. The van der Waals surface area contributed by atoms with Crippen molar-refractivity contribution in [3.63, 3.8) is 0 Å². The number of hydrogen-bond donors (Lipinski definition) is 1. The van der Waals surface area contributed by atoms with Crippen LogP contribution in [0.4, 0.5) is 0 Å². The lowest BCUT2D eigenvalue weighted by Gasteiger charge is -2.23. The number of aromatic nitrogens is 2. The smallest absolute Gasteiger partial charge is 0.258 e. The molecule has 0 saturated heterocycles. The predicted molar refractivity (Wildman–Crippen MR) is 81.0 cm³/mol. The molecule has 4 nitrogen and oxygen atoms in total. The van der Waals surface area contributed by atoms with E-state index in [0.29, 0.717) is 5.39 Å². The predicted octanol–water partition coefficient (Wildman–Crippen LogP) is 3.15. The number of aryl methyl sites for hydroxylation is 1. The third-order valence-corrected chi connectivity index (χ3v) is 3.73. The van der Waals surface area contributed by atoms with Gasteiger partial charge in [-0.25, -0.2) is 4.98 Å². The summed E-state index contributed by atoms with van der Waals surface area (Å²) >= 11 is 0. The Morgan fingerprint density at radius 3 is 2.75 bits per heavy atom. The fourth-order valence-corrected chi connectivity index (χ4v) is 2.14. The third-order valence-electron chi connectivity index (χ3n) is 3.73. The number of ether oxygens (including phenoxy) is 1. The van der Waals surface area contributed by atoms with Gasteiger partial charge in [-0.05, 0) is 38.0 Å². The zero-order valence-corrected chi connectivity index (χ0v) is 12.6. The molecule has 0 unspecified atom stereocenters. The molecule has 108 valence electrons. The maximum absolute atomic E-state index is 12.2. The fraction of sp³-hybridized carbons (Fsp3) is 0.500. The van der Waals surface area contributed by atoms with E-state index in [1.807, 2.05) is 32.0 Å². The van der Waals surface area contributed by atoms with Gasteiger partial charge < -0.3 is 9.72 Å². The highest BCUT2D eigenvalue weighted by molar-refractivity contribution is 5.78. The van der Waals surface area contributed by atoms with Crippen molar-refractivity contribution in [3.05, 3.63) is 39.9 Å². The molecule has 1 heterocycles. The fourth-order valence-electron chi connectivity index (χ4n) is 2.14. The van der Waals surface area contributed by atoms with Crippen LogP contribution in [0, 0.1) is 0 Å². The molecule has 0 amide bonds. The molecular formula is C16H22N2O2. The van der Waals surface area contributed by atoms with Gasteiger partial charge in [-0.2, -0.15) is 0 Å². The Morgan fingerprint density at radius 2 is 2.10 bits per heavy atom. The summed E-state index contributed by atoms with van der Waals surface area (Å²) in [4.78, 5) is 19.6. The summed E-state index contributed by atoms with van der Waals surface area (Å²) in [7, 11) is 1.67. The first kappa shape index (κ1) is 14.7. The van der Waals surface area contributed by atoms with E-state index in [2.05, 4.69) is 16.9 Å². The number of rotatable bonds is 5. The van der Waals surface area contributed by atoms with Gasteiger partial charge in [-0.15, -0.1) is 0 Å². The largest absolute Gasteiger partial charge is 0.374 e. The molecule has 0 bridgehead atoms. The average Bonchev–Trinajstić information content (AvgIpc) is 2.44. The molecule has 0 saturated carbocycles. The number of benzene rings is 1. The van der Waals surface area contributed by atoms with Crippen molar-refractivity contribution in [1.29, 1.82) is 0 Å². The van der Waals surface area contributed by atoms with Crippen LogP contribution in [0.1, 0.15) is 45.0 Å². The lowest BCUT2D eigenvalue weighted by atomic mass is 9.97. The van der Waals surface area contributed by atoms with Crippen molar-refractivity contribution in [2.45, 2.75) is 45.6 Å². The van der Waals surface area contributed by atoms with Crippen molar-refractivity contribution < 1.29 is 4.74 Å². The topological polar surface area (TPSA) is 55.0 Å². The van der Waals surface area contributed by atoms with Gasteiger partial charge in [0, 0.05) is 13.5 Å². The van der Waals surface area contributed by atoms with Gasteiger partial charge in [0.15, 0.2) is 0 Å². The number of nitrogens with one attached hydrogen (secondary N) is 1. The van der Waals surface area contributed by atoms with E-state index < -0.39 is 5.60 Å². The number of unbranched alkanes of at least 4 members (excludes halogenated alkanes) is 1. The van der Waals surface area contributed by atoms with Crippen LogP contribution in [0.3, 0.4) is 0 Å². The maximum atomic E-state index is 12.2. The first-order valence-corrected chi connectivity index (χ1v) is 7.06. The van der Waals surface area contributed by atoms with E-state index in [1.54, 1.807) is 7.11 Å². The highest BCUT2D eigenvalue weighted by Gasteiger charge is 2.20. The minimum Gasteiger partial charge on any atom is -0.374 e. The molecule has 4 heteroatoms. The molecule has 1 aromatic heterocycles. The second kappa shape index (κ2) is 5.75. The van der Waals surface area contributed by atoms with Gasteiger partial charge in [0.2, 0.25) is 0 Å². The Balaban J connectivity index is 2.49. The molecular weight excluding hydrogens is 252 g/mol. The Hall–Kier alpha value is -1.68. The summed E-state index contributed by atoms with van der Waals surface area (Å²) in [6.07, 6.45) is 2.93. The minimum atomic E-state index is -0.415. The van der Waals surface area contributed by atoms with E-state index in [4.69, 9.17) is 4.74 Å². The quantitative estimate of drug-likeness (QED) is 0.911. The van der Waals surface area contributed by atoms with Crippen molar-refractivity contribution in [2.24, 2.45) is 0 Å². The Labute approximate surface area is 119 Å². The number of methoxy groups -OCH3 is 1. The molecule has 2 aromatic rings. The lowest BCUT2D eigenvalue weighted by Crippen LogP contribution is -2.20. The Bertz CT molecular complexity index is 659. The molecule has 0 aliphatic carbocycles. The van der Waals surface area contributed by atoms with Gasteiger partial charge in [-0.1, -0.05) is 19.4 Å². The molecule has 0 aliphatic heterocycles. The van der Waals surface area contributed by atoms with Crippen LogP contribution in [-0.2, 0) is 16.8 Å². The highest BCUT2D eigenvalue weighted by Crippen LogP contribution is 2.25. The Morgan fingerprint density at radius 1 is 1.35 bits per heavy atom. The normalized spacial score (nSPS) is 12.0. The van der Waals surface area contributed by atoms with Crippen LogP contribution in [0.5, 0.6) is 0 Å². The molecule has 0 radical (unpaired) electrons. The molecule has 1 aromatic carbocycles. The standard InChI is InChI=1S/C16H22N2O2/c1-5-6-7-14-17-13-9-8-11(16(2,3)20-4)10-12(13)15(19)18-14/h8-10H,5-7H2,1-4H3,(H,17,18,19). The SMILES string of the molecule is CCCCc1nc2ccc(C(C)(C)OC)cc2c(=O)[nH]1. The van der Waals surface area contributed by atoms with E-state index in [0.717, 1.165) is 36.2 Å². The van der Waals surface area contributed by atoms with Gasteiger partial charge in [0.25, 0.3) is 5.56 Å². The number of hydrogen-bond acceptors (Lipinski definition) is 3. The number of H-pyrrole nitrogens is 1. The molecule has 0 atom stereocenters. The molecule has 0 aliphatic rings. The first-order valence-electron chi connectivity index (χ1n) is 7.06. The van der Waals surface area contributed by atoms with Gasteiger partial charge in [0.05, 0.1) is 16.5 Å². The van der Waals surface area contributed by atoms with Crippen LogP contribution in [0.2, 0.25) is 0 Å². The maximum Gasteiger partial charge on any atom is 0.258 e. The average molecular weight is 274 g/mol. The zero-order valence-electron chi connectivity index (χ0n) is 12.6. The molecule has 0 spiro atoms. The van der Waals surface area contributed by atoms with Crippen molar-refractivity contribution in [3.8, 4) is 0 Å². The van der Waals surface area contributed by atoms with Crippen LogP contribution >= 0.6 is 0 Å². The summed E-state index contributed by atoms with van der Waals surface area (Å²) in [5, 5.41) is 0.618. The highest BCUT2D eigenvalue weighted by atomic mass is 16.5. The third kappa shape index (κ3) is 2.90. The van der Waals surface area contributed by atoms with Crippen LogP contribution in [-0.4, -0.2) is 17.1 Å². The molecule has 1 N–H and O–H groups in total. The number of nitrogens with zero attached hydrogens (tertiary/aromatic N) is 1. The molecule has 2 rings (SSSR count). The van der Waals surface area contributed by atoms with E-state index >= 15 is 0 Å². The monoisotopic (exact) mass is 274 g/mol. The number of aromatic amines is 1. The zero-order chi connectivity index (χ0) is 14.8. The number of fused-ring (bicyclic) bond motifs is 1. The van der Waals surface area contributed by atoms with Crippen molar-refractivity contribution >= 4 is 10.9 Å². The summed E-state index contributed by atoms with van der Waals surface area (Å²) in [6.45, 7) is 6.08. The van der Waals surface area contributed by atoms with Crippen LogP contribution in [0.25, 0.3) is 10.9 Å². The van der Waals surface area contributed by atoms with Crippen molar-refractivity contribution in [2.75, 3.05) is 7.11 Å². The van der Waals surface area contributed by atoms with Crippen LogP contribution in [0.15, 0.2) is 23.0 Å². The summed E-state index contributed by atoms with van der Waals surface area (Å²) in [6, 6.07) is 5.74. The minimum absolute atomic E-state index is 0.0742. The molecule has 20 heavy (non-hydrogen) atoms. The second-order valence-electron chi connectivity index (χ2n) is 5.56. The molecule has 0 fully saturated rings. The lowest BCUT2D eigenvalue weighted by molar-refractivity contribution is 0.0193. The van der Waals surface area contributed by atoms with Gasteiger partial charge >= 0.3 is 0 Å². The summed E-state index contributed by atoms with van der Waals surface area (Å²) < 4.78 is 5.46. The van der Waals surface area contributed by atoms with Gasteiger partial charge in [-0.3, -0.25) is 4.79 Å². The first-order chi connectivity index (χ1) is 9.47. The van der Waals surface area contributed by atoms with E-state index in [-0.39, 0.29) is 5.56 Å². The van der Waals surface area contributed by atoms with E-state index in [9.17, 15) is 4.79 Å². The van der Waals surface area contributed by atoms with Gasteiger partial charge in [0.1, 0.15) is 5.82 Å².